The van der Waals surface area contributed by atoms with Crippen LogP contribution in [-0.2, 0) is 6.42 Å². The van der Waals surface area contributed by atoms with Crippen LogP contribution in [0.4, 0.5) is 5.69 Å². The molecular weight excluding hydrogens is 268 g/mol. The highest BCUT2D eigenvalue weighted by atomic mass is 15.1. The van der Waals surface area contributed by atoms with Gasteiger partial charge in [0.15, 0.2) is 0 Å². The molecule has 0 amide bonds. The Morgan fingerprint density at radius 2 is 1.95 bits per heavy atom. The fourth-order valence-corrected chi connectivity index (χ4v) is 3.67. The van der Waals surface area contributed by atoms with Gasteiger partial charge in [-0.15, -0.1) is 0 Å². The van der Waals surface area contributed by atoms with E-state index in [-0.39, 0.29) is 0 Å². The van der Waals surface area contributed by atoms with Crippen molar-refractivity contribution in [2.45, 2.75) is 31.6 Å². The van der Waals surface area contributed by atoms with Gasteiger partial charge in [-0.05, 0) is 60.9 Å². The highest BCUT2D eigenvalue weighted by molar-refractivity contribution is 5.79. The first kappa shape index (κ1) is 15.1. The Labute approximate surface area is 134 Å². The average Bonchev–Trinajstić information content (AvgIpc) is 2.55. The number of hydrogen-bond acceptors (Lipinski definition) is 2. The Morgan fingerprint density at radius 3 is 2.73 bits per heavy atom. The maximum absolute atomic E-state index is 5.82. The second-order valence-electron chi connectivity index (χ2n) is 6.49. The third-order valence-electron chi connectivity index (χ3n) is 4.80. The summed E-state index contributed by atoms with van der Waals surface area (Å²) < 4.78 is 0. The topological polar surface area (TPSA) is 29.3 Å². The van der Waals surface area contributed by atoms with Crippen LogP contribution in [0, 0.1) is 0 Å². The van der Waals surface area contributed by atoms with Crippen molar-refractivity contribution in [2.24, 2.45) is 5.73 Å². The summed E-state index contributed by atoms with van der Waals surface area (Å²) in [5.41, 5.74) is 12.8. The number of para-hydroxylation sites is 1. The van der Waals surface area contributed by atoms with Crippen LogP contribution < -0.4 is 10.6 Å². The quantitative estimate of drug-likeness (QED) is 0.916. The van der Waals surface area contributed by atoms with E-state index in [4.69, 9.17) is 5.73 Å². The van der Waals surface area contributed by atoms with E-state index in [1.54, 1.807) is 0 Å². The lowest BCUT2D eigenvalue weighted by molar-refractivity contribution is 0.526. The van der Waals surface area contributed by atoms with Crippen molar-refractivity contribution in [2.75, 3.05) is 25.5 Å². The molecule has 0 aromatic heterocycles. The molecule has 1 aliphatic rings. The van der Waals surface area contributed by atoms with Gasteiger partial charge in [0.2, 0.25) is 0 Å². The van der Waals surface area contributed by atoms with Gasteiger partial charge in [-0.3, -0.25) is 0 Å². The number of nitrogens with zero attached hydrogens (tertiary/aromatic N) is 1. The van der Waals surface area contributed by atoms with Crippen LogP contribution in [0.15, 0.2) is 42.5 Å². The van der Waals surface area contributed by atoms with Crippen LogP contribution in [0.3, 0.4) is 0 Å². The SMILES string of the molecule is CN(C)c1ccccc1-c1ccc2c(c1)C(CCN)CCC2. The van der Waals surface area contributed by atoms with E-state index in [9.17, 15) is 0 Å². The summed E-state index contributed by atoms with van der Waals surface area (Å²) in [5, 5.41) is 0. The molecule has 0 radical (unpaired) electrons. The molecule has 1 unspecified atom stereocenters. The molecule has 0 aliphatic heterocycles. The Kier molecular flexibility index (Phi) is 4.49. The summed E-state index contributed by atoms with van der Waals surface area (Å²) in [6.07, 6.45) is 4.89. The minimum Gasteiger partial charge on any atom is -0.377 e. The summed E-state index contributed by atoms with van der Waals surface area (Å²) in [7, 11) is 4.21. The van der Waals surface area contributed by atoms with Crippen molar-refractivity contribution in [1.29, 1.82) is 0 Å². The molecule has 0 bridgehead atoms. The molecule has 0 spiro atoms. The standard InChI is InChI=1S/C20H26N2/c1-22(2)20-9-4-3-8-18(20)17-11-10-15-6-5-7-16(12-13-21)19(15)14-17/h3-4,8-11,14,16H,5-7,12-13,21H2,1-2H3. The molecule has 116 valence electrons. The van der Waals surface area contributed by atoms with Crippen molar-refractivity contribution in [3.63, 3.8) is 0 Å². The van der Waals surface area contributed by atoms with Crippen LogP contribution in [0.25, 0.3) is 11.1 Å². The van der Waals surface area contributed by atoms with Crippen LogP contribution in [0.2, 0.25) is 0 Å². The molecule has 2 N–H and O–H groups in total. The summed E-state index contributed by atoms with van der Waals surface area (Å²) in [6.45, 7) is 0.780. The molecule has 0 saturated heterocycles. The van der Waals surface area contributed by atoms with Gasteiger partial charge in [-0.2, -0.15) is 0 Å². The molecule has 2 aromatic rings. The van der Waals surface area contributed by atoms with Crippen molar-refractivity contribution in [3.05, 3.63) is 53.6 Å². The maximum Gasteiger partial charge on any atom is 0.0440 e. The molecular formula is C20H26N2. The van der Waals surface area contributed by atoms with Gasteiger partial charge in [0.1, 0.15) is 0 Å². The number of fused-ring (bicyclic) bond motifs is 1. The molecule has 3 rings (SSSR count). The van der Waals surface area contributed by atoms with E-state index < -0.39 is 0 Å². The third-order valence-corrected chi connectivity index (χ3v) is 4.80. The maximum atomic E-state index is 5.82. The largest absolute Gasteiger partial charge is 0.377 e. The van der Waals surface area contributed by atoms with Gasteiger partial charge >= 0.3 is 0 Å². The summed E-state index contributed by atoms with van der Waals surface area (Å²) in [6, 6.07) is 15.7. The lowest BCUT2D eigenvalue weighted by Gasteiger charge is -2.26. The molecule has 0 saturated carbocycles. The lowest BCUT2D eigenvalue weighted by atomic mass is 9.80. The number of aryl methyl sites for hydroxylation is 1. The average molecular weight is 294 g/mol. The molecule has 0 fully saturated rings. The Balaban J connectivity index is 2.05. The van der Waals surface area contributed by atoms with Gasteiger partial charge in [0, 0.05) is 25.3 Å². The van der Waals surface area contributed by atoms with Gasteiger partial charge < -0.3 is 10.6 Å². The van der Waals surface area contributed by atoms with Gasteiger partial charge in [-0.1, -0.05) is 36.4 Å². The first-order valence-corrected chi connectivity index (χ1v) is 8.30. The lowest BCUT2D eigenvalue weighted by Crippen LogP contribution is -2.14. The highest BCUT2D eigenvalue weighted by Gasteiger charge is 2.20. The van der Waals surface area contributed by atoms with Crippen molar-refractivity contribution >= 4 is 5.69 Å². The van der Waals surface area contributed by atoms with E-state index in [0.29, 0.717) is 5.92 Å². The predicted octanol–water partition coefficient (Wildman–Crippen LogP) is 4.19. The normalized spacial score (nSPS) is 17.1. The number of anilines is 1. The van der Waals surface area contributed by atoms with Gasteiger partial charge in [0.05, 0.1) is 0 Å². The molecule has 1 atom stereocenters. The zero-order valence-electron chi connectivity index (χ0n) is 13.7. The summed E-state index contributed by atoms with van der Waals surface area (Å²) in [4.78, 5) is 2.19. The van der Waals surface area contributed by atoms with Crippen LogP contribution >= 0.6 is 0 Å². The smallest absolute Gasteiger partial charge is 0.0440 e. The predicted molar refractivity (Wildman–Crippen MR) is 95.6 cm³/mol. The summed E-state index contributed by atoms with van der Waals surface area (Å²) >= 11 is 0. The third kappa shape index (κ3) is 2.89. The first-order valence-electron chi connectivity index (χ1n) is 8.30. The number of benzene rings is 2. The Morgan fingerprint density at radius 1 is 1.14 bits per heavy atom. The second kappa shape index (κ2) is 6.53. The van der Waals surface area contributed by atoms with Crippen molar-refractivity contribution in [3.8, 4) is 11.1 Å². The highest BCUT2D eigenvalue weighted by Crippen LogP contribution is 2.38. The first-order chi connectivity index (χ1) is 10.7. The Hall–Kier alpha value is -1.80. The molecule has 1 aliphatic carbocycles. The van der Waals surface area contributed by atoms with E-state index in [1.165, 1.54) is 47.2 Å². The molecule has 0 heterocycles. The monoisotopic (exact) mass is 294 g/mol. The fraction of sp³-hybridized carbons (Fsp3) is 0.400. The minimum absolute atomic E-state index is 0.639. The van der Waals surface area contributed by atoms with Crippen molar-refractivity contribution < 1.29 is 0 Å². The van der Waals surface area contributed by atoms with Crippen LogP contribution in [-0.4, -0.2) is 20.6 Å². The molecule has 2 aromatic carbocycles. The minimum atomic E-state index is 0.639. The second-order valence-corrected chi connectivity index (χ2v) is 6.49. The zero-order valence-corrected chi connectivity index (χ0v) is 13.7. The van der Waals surface area contributed by atoms with Crippen LogP contribution in [0.5, 0.6) is 0 Å². The summed E-state index contributed by atoms with van der Waals surface area (Å²) in [5.74, 6) is 0.639. The van der Waals surface area contributed by atoms with Crippen LogP contribution in [0.1, 0.15) is 36.3 Å². The number of hydrogen-bond donors (Lipinski definition) is 1. The van der Waals surface area contributed by atoms with Crippen molar-refractivity contribution in [1.82, 2.24) is 0 Å². The molecule has 2 nitrogen and oxygen atoms in total. The van der Waals surface area contributed by atoms with E-state index in [0.717, 1.165) is 13.0 Å². The Bertz CT molecular complexity index is 646. The zero-order chi connectivity index (χ0) is 15.5. The van der Waals surface area contributed by atoms with Gasteiger partial charge in [-0.25, -0.2) is 0 Å². The van der Waals surface area contributed by atoms with E-state index in [2.05, 4.69) is 61.5 Å². The number of nitrogens with two attached hydrogens (primary N) is 1. The molecule has 2 heteroatoms. The van der Waals surface area contributed by atoms with E-state index in [1.807, 2.05) is 0 Å². The fourth-order valence-electron chi connectivity index (χ4n) is 3.67. The molecule has 22 heavy (non-hydrogen) atoms. The number of rotatable bonds is 4. The van der Waals surface area contributed by atoms with E-state index >= 15 is 0 Å². The van der Waals surface area contributed by atoms with Gasteiger partial charge in [0.25, 0.3) is 0 Å².